The first-order valence-electron chi connectivity index (χ1n) is 10.1. The number of carbonyl (C=O) groups is 1. The minimum atomic E-state index is 0.202. The van der Waals surface area contributed by atoms with Crippen LogP contribution < -0.4 is 5.32 Å². The van der Waals surface area contributed by atoms with Gasteiger partial charge in [0.1, 0.15) is 0 Å². The van der Waals surface area contributed by atoms with Crippen molar-refractivity contribution in [1.82, 2.24) is 15.1 Å². The summed E-state index contributed by atoms with van der Waals surface area (Å²) in [4.78, 5) is 17.9. The Kier molecular flexibility index (Phi) is 5.09. The van der Waals surface area contributed by atoms with Gasteiger partial charge in [0.25, 0.3) is 0 Å². The van der Waals surface area contributed by atoms with Crippen molar-refractivity contribution in [2.75, 3.05) is 32.7 Å². The van der Waals surface area contributed by atoms with E-state index in [-0.39, 0.29) is 11.5 Å². The Morgan fingerprint density at radius 1 is 1.12 bits per heavy atom. The molecule has 2 saturated heterocycles. The van der Waals surface area contributed by atoms with Crippen LogP contribution in [0.25, 0.3) is 0 Å². The Balaban J connectivity index is 1.50. The molecule has 3 fully saturated rings. The van der Waals surface area contributed by atoms with Gasteiger partial charge in [0, 0.05) is 38.3 Å². The fourth-order valence-electron chi connectivity index (χ4n) is 5.06. The van der Waals surface area contributed by atoms with Crippen LogP contribution in [0.4, 0.5) is 0 Å². The second-order valence-electron chi connectivity index (χ2n) is 8.14. The molecule has 4 heteroatoms. The molecule has 0 aromatic heterocycles. The third-order valence-corrected chi connectivity index (χ3v) is 6.52. The number of carbonyl (C=O) groups excluding carboxylic acids is 1. The maximum atomic E-state index is 13.0. The molecule has 136 valence electrons. The Labute approximate surface area is 151 Å². The van der Waals surface area contributed by atoms with Gasteiger partial charge in [0.15, 0.2) is 0 Å². The maximum Gasteiger partial charge on any atom is 0.227 e. The van der Waals surface area contributed by atoms with Gasteiger partial charge in [-0.05, 0) is 31.4 Å². The van der Waals surface area contributed by atoms with Crippen molar-refractivity contribution in [3.8, 4) is 0 Å². The molecule has 4 nitrogen and oxygen atoms in total. The van der Waals surface area contributed by atoms with Gasteiger partial charge >= 0.3 is 0 Å². The summed E-state index contributed by atoms with van der Waals surface area (Å²) in [6, 6.07) is 10.8. The summed E-state index contributed by atoms with van der Waals surface area (Å²) in [6.45, 7) is 5.74. The van der Waals surface area contributed by atoms with Crippen LogP contribution in [0.1, 0.15) is 44.1 Å². The molecule has 25 heavy (non-hydrogen) atoms. The monoisotopic (exact) mass is 341 g/mol. The Morgan fingerprint density at radius 3 is 2.64 bits per heavy atom. The van der Waals surface area contributed by atoms with Crippen LogP contribution in [0.15, 0.2) is 30.3 Å². The normalized spacial score (nSPS) is 26.9. The van der Waals surface area contributed by atoms with E-state index in [1.54, 1.807) is 0 Å². The van der Waals surface area contributed by atoms with E-state index in [9.17, 15) is 4.79 Å². The van der Waals surface area contributed by atoms with E-state index in [2.05, 4.69) is 45.4 Å². The van der Waals surface area contributed by atoms with Crippen LogP contribution in [0.5, 0.6) is 0 Å². The third kappa shape index (κ3) is 3.61. The molecule has 1 N–H and O–H groups in total. The van der Waals surface area contributed by atoms with Crippen LogP contribution in [0.3, 0.4) is 0 Å². The highest BCUT2D eigenvalue weighted by Crippen LogP contribution is 2.38. The first kappa shape index (κ1) is 17.0. The average molecular weight is 341 g/mol. The number of nitrogens with one attached hydrogen (secondary N) is 1. The van der Waals surface area contributed by atoms with Crippen molar-refractivity contribution in [2.45, 2.75) is 50.6 Å². The number of nitrogens with zero attached hydrogens (tertiary/aromatic N) is 2. The van der Waals surface area contributed by atoms with Crippen LogP contribution >= 0.6 is 0 Å². The van der Waals surface area contributed by atoms with E-state index in [1.807, 2.05) is 0 Å². The molecule has 1 aliphatic carbocycles. The molecule has 1 atom stereocenters. The fraction of sp³-hybridized carbons (Fsp3) is 0.667. The molecule has 1 saturated carbocycles. The van der Waals surface area contributed by atoms with Crippen molar-refractivity contribution in [2.24, 2.45) is 5.92 Å². The quantitative estimate of drug-likeness (QED) is 0.918. The lowest BCUT2D eigenvalue weighted by Crippen LogP contribution is -2.64. The summed E-state index contributed by atoms with van der Waals surface area (Å²) in [5, 5.41) is 3.35. The van der Waals surface area contributed by atoms with E-state index in [1.165, 1.54) is 37.7 Å². The highest BCUT2D eigenvalue weighted by molar-refractivity contribution is 5.79. The molecule has 0 bridgehead atoms. The maximum absolute atomic E-state index is 13.0. The molecule has 1 amide bonds. The summed E-state index contributed by atoms with van der Waals surface area (Å²) in [6.07, 6.45) is 7.45. The molecule has 0 radical (unpaired) electrons. The molecule has 4 rings (SSSR count). The van der Waals surface area contributed by atoms with Crippen LogP contribution in [-0.4, -0.2) is 54.0 Å². The molecule has 1 aromatic rings. The zero-order valence-electron chi connectivity index (χ0n) is 15.3. The van der Waals surface area contributed by atoms with Gasteiger partial charge in [-0.15, -0.1) is 0 Å². The number of amides is 1. The summed E-state index contributed by atoms with van der Waals surface area (Å²) in [5.74, 6) is 0.607. The van der Waals surface area contributed by atoms with Crippen molar-refractivity contribution >= 4 is 5.91 Å². The van der Waals surface area contributed by atoms with Crippen molar-refractivity contribution in [3.63, 3.8) is 0 Å². The number of hydrogen-bond acceptors (Lipinski definition) is 3. The SMILES string of the molecule is O=C(C1CCNC1)N1CCN(Cc2ccccc2)C2(CCCCC2)C1. The van der Waals surface area contributed by atoms with Crippen LogP contribution in [-0.2, 0) is 11.3 Å². The lowest BCUT2D eigenvalue weighted by Gasteiger charge is -2.53. The lowest BCUT2D eigenvalue weighted by molar-refractivity contribution is -0.142. The van der Waals surface area contributed by atoms with Gasteiger partial charge < -0.3 is 10.2 Å². The Hall–Kier alpha value is -1.39. The summed E-state index contributed by atoms with van der Waals surface area (Å²) in [5.41, 5.74) is 1.60. The Morgan fingerprint density at radius 2 is 1.92 bits per heavy atom. The average Bonchev–Trinajstić information content (AvgIpc) is 3.19. The summed E-state index contributed by atoms with van der Waals surface area (Å²) < 4.78 is 0. The standard InChI is InChI=1S/C21H31N3O/c25-20(19-9-12-22-15-19)23-13-14-24(16-18-7-3-1-4-8-18)21(17-23)10-5-2-6-11-21/h1,3-4,7-8,19,22H,2,5-6,9-17H2. The third-order valence-electron chi connectivity index (χ3n) is 6.52. The minimum absolute atomic E-state index is 0.202. The molecule has 1 aromatic carbocycles. The molecule has 2 aliphatic heterocycles. The number of piperazine rings is 1. The smallest absolute Gasteiger partial charge is 0.227 e. The van der Waals surface area contributed by atoms with Gasteiger partial charge in [0.05, 0.1) is 5.92 Å². The van der Waals surface area contributed by atoms with Crippen molar-refractivity contribution in [3.05, 3.63) is 35.9 Å². The molecular weight excluding hydrogens is 310 g/mol. The number of rotatable bonds is 3. The van der Waals surface area contributed by atoms with Gasteiger partial charge in [-0.25, -0.2) is 0 Å². The summed E-state index contributed by atoms with van der Waals surface area (Å²) in [7, 11) is 0. The number of benzene rings is 1. The Bertz CT molecular complexity index is 576. The second kappa shape index (κ2) is 7.46. The molecular formula is C21H31N3O. The molecule has 1 unspecified atom stereocenters. The predicted molar refractivity (Wildman–Crippen MR) is 100 cm³/mol. The molecule has 1 spiro atoms. The zero-order chi connectivity index (χ0) is 17.1. The highest BCUT2D eigenvalue weighted by atomic mass is 16.2. The van der Waals surface area contributed by atoms with Crippen molar-refractivity contribution in [1.29, 1.82) is 0 Å². The van der Waals surface area contributed by atoms with Gasteiger partial charge in [-0.3, -0.25) is 9.69 Å². The van der Waals surface area contributed by atoms with E-state index >= 15 is 0 Å². The van der Waals surface area contributed by atoms with E-state index in [0.717, 1.165) is 45.7 Å². The van der Waals surface area contributed by atoms with E-state index in [0.29, 0.717) is 5.91 Å². The second-order valence-corrected chi connectivity index (χ2v) is 8.14. The van der Waals surface area contributed by atoms with Gasteiger partial charge in [-0.2, -0.15) is 0 Å². The zero-order valence-corrected chi connectivity index (χ0v) is 15.3. The highest BCUT2D eigenvalue weighted by Gasteiger charge is 2.44. The van der Waals surface area contributed by atoms with Gasteiger partial charge in [0.2, 0.25) is 5.91 Å². The number of hydrogen-bond donors (Lipinski definition) is 1. The van der Waals surface area contributed by atoms with E-state index in [4.69, 9.17) is 0 Å². The fourth-order valence-corrected chi connectivity index (χ4v) is 5.06. The van der Waals surface area contributed by atoms with Gasteiger partial charge in [-0.1, -0.05) is 49.6 Å². The summed E-state index contributed by atoms with van der Waals surface area (Å²) >= 11 is 0. The van der Waals surface area contributed by atoms with Crippen molar-refractivity contribution < 1.29 is 4.79 Å². The largest absolute Gasteiger partial charge is 0.339 e. The molecule has 2 heterocycles. The predicted octanol–water partition coefficient (Wildman–Crippen LogP) is 2.64. The lowest BCUT2D eigenvalue weighted by atomic mass is 9.78. The first-order valence-corrected chi connectivity index (χ1v) is 10.1. The minimum Gasteiger partial charge on any atom is -0.339 e. The van der Waals surface area contributed by atoms with Crippen LogP contribution in [0.2, 0.25) is 0 Å². The molecule has 3 aliphatic rings. The first-order chi connectivity index (χ1) is 12.3. The topological polar surface area (TPSA) is 35.6 Å². The van der Waals surface area contributed by atoms with E-state index < -0.39 is 0 Å². The van der Waals surface area contributed by atoms with Crippen LogP contribution in [0, 0.1) is 5.92 Å².